The molecule has 1 aliphatic carbocycles. The molecule has 0 amide bonds. The molecule has 7 heteroatoms. The van der Waals surface area contributed by atoms with Gasteiger partial charge >= 0.3 is 0 Å². The molecule has 0 aromatic heterocycles. The molecule has 5 unspecified atom stereocenters. The Morgan fingerprint density at radius 1 is 1.10 bits per heavy atom. The second kappa shape index (κ2) is 6.08. The Morgan fingerprint density at radius 3 is 2.25 bits per heavy atom. The van der Waals surface area contributed by atoms with Crippen molar-refractivity contribution >= 4 is 11.8 Å². The second-order valence-corrected chi connectivity index (χ2v) is 7.71. The van der Waals surface area contributed by atoms with Crippen LogP contribution < -0.4 is 0 Å². The van der Waals surface area contributed by atoms with E-state index in [2.05, 4.69) is 0 Å². The number of hydrogen-bond donors (Lipinski definition) is 5. The first-order valence-electron chi connectivity index (χ1n) is 6.90. The van der Waals surface area contributed by atoms with Gasteiger partial charge < -0.3 is 30.3 Å². The molecule has 0 aromatic carbocycles. The van der Waals surface area contributed by atoms with Gasteiger partial charge in [0, 0.05) is 5.25 Å². The molecule has 1 heterocycles. The zero-order valence-corrected chi connectivity index (χ0v) is 12.5. The van der Waals surface area contributed by atoms with Crippen LogP contribution in [0.25, 0.3) is 0 Å². The van der Waals surface area contributed by atoms with Gasteiger partial charge in [-0.1, -0.05) is 13.8 Å². The molecular weight excluding hydrogens is 284 g/mol. The average molecular weight is 308 g/mol. The van der Waals surface area contributed by atoms with E-state index >= 15 is 0 Å². The van der Waals surface area contributed by atoms with E-state index in [0.29, 0.717) is 12.8 Å². The summed E-state index contributed by atoms with van der Waals surface area (Å²) in [6.07, 6.45) is -3.84. The summed E-state index contributed by atoms with van der Waals surface area (Å²) in [7, 11) is 0. The van der Waals surface area contributed by atoms with Crippen molar-refractivity contribution in [2.45, 2.75) is 67.9 Å². The summed E-state index contributed by atoms with van der Waals surface area (Å²) >= 11 is 1.36. The molecule has 0 aromatic rings. The molecule has 20 heavy (non-hydrogen) atoms. The normalized spacial score (nSPS) is 48.5. The van der Waals surface area contributed by atoms with E-state index in [-0.39, 0.29) is 16.8 Å². The first-order valence-corrected chi connectivity index (χ1v) is 7.84. The maximum Gasteiger partial charge on any atom is 0.132 e. The summed E-state index contributed by atoms with van der Waals surface area (Å²) in [5.74, 6) is 0. The van der Waals surface area contributed by atoms with Crippen molar-refractivity contribution in [2.24, 2.45) is 5.41 Å². The maximum atomic E-state index is 10.0. The molecule has 1 saturated heterocycles. The first-order chi connectivity index (χ1) is 9.26. The Bertz CT molecular complexity index is 337. The van der Waals surface area contributed by atoms with E-state index in [4.69, 9.17) is 9.84 Å². The zero-order chi connectivity index (χ0) is 15.1. The van der Waals surface area contributed by atoms with Crippen LogP contribution in [0, 0.1) is 5.41 Å². The van der Waals surface area contributed by atoms with Crippen LogP contribution in [0.2, 0.25) is 0 Å². The van der Waals surface area contributed by atoms with Crippen LogP contribution in [0.1, 0.15) is 26.7 Å². The van der Waals surface area contributed by atoms with Gasteiger partial charge in [0.15, 0.2) is 0 Å². The smallest absolute Gasteiger partial charge is 0.132 e. The van der Waals surface area contributed by atoms with E-state index in [1.165, 1.54) is 11.8 Å². The third-order valence-corrected chi connectivity index (χ3v) is 6.08. The van der Waals surface area contributed by atoms with E-state index in [9.17, 15) is 20.4 Å². The highest BCUT2D eigenvalue weighted by molar-refractivity contribution is 8.00. The molecule has 7 atom stereocenters. The van der Waals surface area contributed by atoms with Crippen molar-refractivity contribution in [3.63, 3.8) is 0 Å². The Balaban J connectivity index is 2.05. The Labute approximate surface area is 122 Å². The average Bonchev–Trinajstić information content (AvgIpc) is 2.62. The van der Waals surface area contributed by atoms with Crippen molar-refractivity contribution in [3.05, 3.63) is 0 Å². The van der Waals surface area contributed by atoms with Crippen LogP contribution in [0.5, 0.6) is 0 Å². The fourth-order valence-corrected chi connectivity index (χ4v) is 4.62. The monoisotopic (exact) mass is 308 g/mol. The molecule has 2 fully saturated rings. The van der Waals surface area contributed by atoms with Crippen molar-refractivity contribution in [2.75, 3.05) is 6.61 Å². The quantitative estimate of drug-likeness (QED) is 0.458. The minimum Gasteiger partial charge on any atom is -0.394 e. The van der Waals surface area contributed by atoms with E-state index in [1.54, 1.807) is 0 Å². The van der Waals surface area contributed by atoms with Gasteiger partial charge in [0.05, 0.1) is 12.7 Å². The van der Waals surface area contributed by atoms with E-state index in [1.807, 2.05) is 13.8 Å². The minimum absolute atomic E-state index is 0.0823. The third kappa shape index (κ3) is 3.14. The molecular formula is C13H24O6S. The lowest BCUT2D eigenvalue weighted by Gasteiger charge is -2.41. The van der Waals surface area contributed by atoms with Crippen molar-refractivity contribution < 1.29 is 30.3 Å². The number of aliphatic hydroxyl groups is 5. The lowest BCUT2D eigenvalue weighted by molar-refractivity contribution is -0.205. The molecule has 2 aliphatic rings. The van der Waals surface area contributed by atoms with Crippen molar-refractivity contribution in [3.8, 4) is 0 Å². The molecule has 0 radical (unpaired) electrons. The lowest BCUT2D eigenvalue weighted by Crippen LogP contribution is -2.58. The highest BCUT2D eigenvalue weighted by Crippen LogP contribution is 2.47. The summed E-state index contributed by atoms with van der Waals surface area (Å²) in [4.78, 5) is 0. The Morgan fingerprint density at radius 2 is 1.75 bits per heavy atom. The number of rotatable bonds is 3. The standard InChI is InChI=1S/C13H24O6S/c1-13(2)4-6(15)3-8(13)20-12-11(18)10(17)9(16)7(5-14)19-12/h6-12,14-18H,3-5H2,1-2H3/t6?,7?,8?,9-,10?,11?,12-/m0/s1. The minimum atomic E-state index is -1.34. The molecule has 118 valence electrons. The summed E-state index contributed by atoms with van der Waals surface area (Å²) in [5, 5.41) is 48.5. The highest BCUT2D eigenvalue weighted by Gasteiger charge is 2.48. The second-order valence-electron chi connectivity index (χ2n) is 6.40. The molecule has 1 aliphatic heterocycles. The topological polar surface area (TPSA) is 110 Å². The van der Waals surface area contributed by atoms with Gasteiger partial charge in [-0.15, -0.1) is 11.8 Å². The van der Waals surface area contributed by atoms with Gasteiger partial charge in [0.25, 0.3) is 0 Å². The van der Waals surface area contributed by atoms with Crippen LogP contribution in [0.3, 0.4) is 0 Å². The maximum absolute atomic E-state index is 10.0. The fourth-order valence-electron chi connectivity index (χ4n) is 2.97. The van der Waals surface area contributed by atoms with Crippen LogP contribution in [0.15, 0.2) is 0 Å². The van der Waals surface area contributed by atoms with Gasteiger partial charge in [-0.2, -0.15) is 0 Å². The molecule has 1 saturated carbocycles. The molecule has 5 N–H and O–H groups in total. The number of aliphatic hydroxyl groups excluding tert-OH is 5. The molecule has 6 nitrogen and oxygen atoms in total. The predicted molar refractivity (Wildman–Crippen MR) is 74.2 cm³/mol. The van der Waals surface area contributed by atoms with E-state index < -0.39 is 36.5 Å². The fraction of sp³-hybridized carbons (Fsp3) is 1.00. The van der Waals surface area contributed by atoms with Crippen LogP contribution in [-0.2, 0) is 4.74 Å². The van der Waals surface area contributed by atoms with Gasteiger partial charge in [0.1, 0.15) is 29.9 Å². The number of thioether (sulfide) groups is 1. The summed E-state index contributed by atoms with van der Waals surface area (Å²) in [5.41, 5.74) is -0.816. The third-order valence-electron chi connectivity index (χ3n) is 4.27. The van der Waals surface area contributed by atoms with Crippen LogP contribution in [-0.4, -0.2) is 73.3 Å². The SMILES string of the molecule is CC1(C)CC(O)CC1S[C@@H]1OC(CO)[C@H](O)C(O)C1O. The Kier molecular flexibility index (Phi) is 5.01. The van der Waals surface area contributed by atoms with E-state index in [0.717, 1.165) is 0 Å². The van der Waals surface area contributed by atoms with Crippen LogP contribution in [0.4, 0.5) is 0 Å². The number of ether oxygens (including phenoxy) is 1. The highest BCUT2D eigenvalue weighted by atomic mass is 32.2. The summed E-state index contributed by atoms with van der Waals surface area (Å²) in [6, 6.07) is 0. The Hall–Kier alpha value is 0.110. The lowest BCUT2D eigenvalue weighted by atomic mass is 9.91. The van der Waals surface area contributed by atoms with Gasteiger partial charge in [-0.25, -0.2) is 0 Å². The number of hydrogen-bond acceptors (Lipinski definition) is 7. The largest absolute Gasteiger partial charge is 0.394 e. The van der Waals surface area contributed by atoms with Crippen molar-refractivity contribution in [1.82, 2.24) is 0 Å². The molecule has 0 bridgehead atoms. The predicted octanol–water partition coefficient (Wildman–Crippen LogP) is -0.931. The summed E-state index contributed by atoms with van der Waals surface area (Å²) < 4.78 is 5.49. The van der Waals surface area contributed by atoms with Gasteiger partial charge in [0.2, 0.25) is 0 Å². The van der Waals surface area contributed by atoms with Crippen LogP contribution >= 0.6 is 11.8 Å². The van der Waals surface area contributed by atoms with Gasteiger partial charge in [-0.05, 0) is 18.3 Å². The van der Waals surface area contributed by atoms with Crippen molar-refractivity contribution in [1.29, 1.82) is 0 Å². The summed E-state index contributed by atoms with van der Waals surface area (Å²) in [6.45, 7) is 3.68. The zero-order valence-electron chi connectivity index (χ0n) is 11.7. The molecule has 0 spiro atoms. The molecule has 2 rings (SSSR count). The van der Waals surface area contributed by atoms with Gasteiger partial charge in [-0.3, -0.25) is 0 Å². The first kappa shape index (κ1) is 16.5.